The number of hydrogen-bond donors (Lipinski definition) is 2. The Hall–Kier alpha value is -2.05. The molecule has 0 unspecified atom stereocenters. The van der Waals surface area contributed by atoms with E-state index in [1.807, 2.05) is 19.1 Å². The van der Waals surface area contributed by atoms with Crippen LogP contribution in [0.5, 0.6) is 5.75 Å². The van der Waals surface area contributed by atoms with Crippen LogP contribution in [0.4, 0.5) is 0 Å². The largest absolute Gasteiger partial charge is 0.487 e. The number of aliphatic hydroxyl groups is 1. The van der Waals surface area contributed by atoms with Gasteiger partial charge in [-0.2, -0.15) is 0 Å². The summed E-state index contributed by atoms with van der Waals surface area (Å²) >= 11 is 0. The molecule has 1 aromatic heterocycles. The Morgan fingerprint density at radius 3 is 2.58 bits per heavy atom. The van der Waals surface area contributed by atoms with Crippen LogP contribution in [0.3, 0.4) is 0 Å². The van der Waals surface area contributed by atoms with Crippen molar-refractivity contribution in [3.05, 3.63) is 29.0 Å². The van der Waals surface area contributed by atoms with Gasteiger partial charge in [0.15, 0.2) is 5.76 Å². The second-order valence-corrected chi connectivity index (χ2v) is 9.92. The van der Waals surface area contributed by atoms with Gasteiger partial charge in [0.1, 0.15) is 16.9 Å². The van der Waals surface area contributed by atoms with Gasteiger partial charge in [-0.1, -0.05) is 20.3 Å². The van der Waals surface area contributed by atoms with Gasteiger partial charge in [-0.05, 0) is 83.6 Å². The van der Waals surface area contributed by atoms with Crippen LogP contribution in [-0.2, 0) is 0 Å². The molecule has 1 aromatic carbocycles. The molecule has 1 aliphatic heterocycles. The van der Waals surface area contributed by atoms with E-state index in [1.54, 1.807) is 0 Å². The maximum absolute atomic E-state index is 12.9. The van der Waals surface area contributed by atoms with E-state index >= 15 is 0 Å². The molecule has 4 rings (SSSR count). The molecular formula is C27H40N2O4. The summed E-state index contributed by atoms with van der Waals surface area (Å²) in [7, 11) is 0. The summed E-state index contributed by atoms with van der Waals surface area (Å²) in [4.78, 5) is 15.4. The van der Waals surface area contributed by atoms with E-state index in [1.165, 1.54) is 6.42 Å². The van der Waals surface area contributed by atoms with Crippen LogP contribution in [0.2, 0.25) is 0 Å². The fourth-order valence-corrected chi connectivity index (χ4v) is 5.77. The quantitative estimate of drug-likeness (QED) is 0.487. The molecule has 1 fully saturated rings. The number of benzene rings is 1. The molecule has 1 saturated carbocycles. The lowest BCUT2D eigenvalue weighted by Crippen LogP contribution is -2.42. The summed E-state index contributed by atoms with van der Waals surface area (Å²) in [6, 6.07) is 3.77. The van der Waals surface area contributed by atoms with Crippen molar-refractivity contribution in [2.24, 2.45) is 0 Å². The van der Waals surface area contributed by atoms with Gasteiger partial charge < -0.3 is 24.5 Å². The first kappa shape index (κ1) is 24.1. The van der Waals surface area contributed by atoms with E-state index in [4.69, 9.17) is 9.15 Å². The summed E-state index contributed by atoms with van der Waals surface area (Å²) < 4.78 is 12.5. The fraction of sp³-hybridized carbons (Fsp3) is 0.667. The third kappa shape index (κ3) is 5.07. The number of carbonyl (C=O) groups is 1. The minimum absolute atomic E-state index is 0.190. The van der Waals surface area contributed by atoms with Crippen LogP contribution in [0, 0.1) is 6.92 Å². The highest BCUT2D eigenvalue weighted by atomic mass is 16.5. The van der Waals surface area contributed by atoms with Crippen LogP contribution in [0.1, 0.15) is 99.4 Å². The van der Waals surface area contributed by atoms with Gasteiger partial charge in [0, 0.05) is 29.5 Å². The number of rotatable bonds is 9. The van der Waals surface area contributed by atoms with Crippen molar-refractivity contribution in [2.75, 3.05) is 26.2 Å². The number of fused-ring (bicyclic) bond motifs is 3. The molecule has 2 aliphatic rings. The molecule has 1 atom stereocenters. The third-order valence-corrected chi connectivity index (χ3v) is 7.31. The van der Waals surface area contributed by atoms with Crippen molar-refractivity contribution >= 4 is 16.9 Å². The topological polar surface area (TPSA) is 74.9 Å². The maximum Gasteiger partial charge on any atom is 0.287 e. The molecule has 1 spiro atoms. The second kappa shape index (κ2) is 10.5. The molecule has 0 radical (unpaired) electrons. The minimum atomic E-state index is -0.606. The number of nitrogens with zero attached hydrogens (tertiary/aromatic N) is 1. The van der Waals surface area contributed by atoms with Crippen LogP contribution in [0.25, 0.3) is 11.0 Å². The SMILES string of the molecule is CCCN(CCC)CCCNC(=O)c1oc2ccc3c(c2c1C)[C@H](O)CC1(CCCCC1)O3. The minimum Gasteiger partial charge on any atom is -0.487 e. The highest BCUT2D eigenvalue weighted by Crippen LogP contribution is 2.49. The second-order valence-electron chi connectivity index (χ2n) is 9.92. The van der Waals surface area contributed by atoms with Crippen molar-refractivity contribution < 1.29 is 19.1 Å². The zero-order chi connectivity index (χ0) is 23.4. The number of aliphatic hydroxyl groups excluding tert-OH is 1. The molecule has 6 heteroatoms. The molecular weight excluding hydrogens is 416 g/mol. The number of hydrogen-bond acceptors (Lipinski definition) is 5. The standard InChI is InChI=1S/C27H40N2O4/c1-4-15-29(16-5-2)17-9-14-28-26(31)25-19(3)23-21(32-25)10-11-22-24(23)20(30)18-27(33-22)12-7-6-8-13-27/h10-11,20,30H,4-9,12-18H2,1-3H3,(H,28,31)/t20-/m1/s1. The van der Waals surface area contributed by atoms with Gasteiger partial charge in [0.25, 0.3) is 5.91 Å². The van der Waals surface area contributed by atoms with E-state index in [9.17, 15) is 9.90 Å². The van der Waals surface area contributed by atoms with Gasteiger partial charge in [-0.25, -0.2) is 0 Å². The average Bonchev–Trinajstić information content (AvgIpc) is 3.13. The number of ether oxygens (including phenoxy) is 1. The molecule has 2 heterocycles. The Morgan fingerprint density at radius 1 is 1.15 bits per heavy atom. The summed E-state index contributed by atoms with van der Waals surface area (Å²) in [6.07, 6.45) is 8.72. The normalized spacial score (nSPS) is 19.6. The maximum atomic E-state index is 12.9. The van der Waals surface area contributed by atoms with Crippen molar-refractivity contribution in [1.82, 2.24) is 10.2 Å². The highest BCUT2D eigenvalue weighted by molar-refractivity contribution is 6.00. The zero-order valence-electron chi connectivity index (χ0n) is 20.5. The van der Waals surface area contributed by atoms with E-state index in [0.717, 1.165) is 86.8 Å². The fourth-order valence-electron chi connectivity index (χ4n) is 5.77. The third-order valence-electron chi connectivity index (χ3n) is 7.31. The summed E-state index contributed by atoms with van der Waals surface area (Å²) in [5.74, 6) is 0.887. The molecule has 33 heavy (non-hydrogen) atoms. The first-order chi connectivity index (χ1) is 16.0. The number of furan rings is 1. The number of aryl methyl sites for hydroxylation is 1. The Balaban J connectivity index is 1.47. The van der Waals surface area contributed by atoms with Gasteiger partial charge in [-0.3, -0.25) is 4.79 Å². The summed E-state index contributed by atoms with van der Waals surface area (Å²) in [5, 5.41) is 15.0. The Kier molecular flexibility index (Phi) is 7.65. The molecule has 6 nitrogen and oxygen atoms in total. The smallest absolute Gasteiger partial charge is 0.287 e. The number of carbonyl (C=O) groups excluding carboxylic acids is 1. The molecule has 1 aliphatic carbocycles. The lowest BCUT2D eigenvalue weighted by atomic mass is 9.77. The molecule has 0 bridgehead atoms. The van der Waals surface area contributed by atoms with E-state index in [2.05, 4.69) is 24.1 Å². The molecule has 1 amide bonds. The van der Waals surface area contributed by atoms with Gasteiger partial charge in [-0.15, -0.1) is 0 Å². The predicted molar refractivity (Wildman–Crippen MR) is 131 cm³/mol. The Morgan fingerprint density at radius 2 is 1.88 bits per heavy atom. The van der Waals surface area contributed by atoms with Crippen LogP contribution < -0.4 is 10.1 Å². The predicted octanol–water partition coefficient (Wildman–Crippen LogP) is 5.50. The van der Waals surface area contributed by atoms with Crippen molar-refractivity contribution in [3.8, 4) is 5.75 Å². The van der Waals surface area contributed by atoms with Crippen LogP contribution in [0.15, 0.2) is 16.5 Å². The Bertz CT molecular complexity index is 955. The van der Waals surface area contributed by atoms with E-state index in [-0.39, 0.29) is 11.5 Å². The first-order valence-corrected chi connectivity index (χ1v) is 12.9. The molecule has 2 aromatic rings. The molecule has 0 saturated heterocycles. The molecule has 2 N–H and O–H groups in total. The monoisotopic (exact) mass is 456 g/mol. The average molecular weight is 457 g/mol. The van der Waals surface area contributed by atoms with Crippen molar-refractivity contribution in [1.29, 1.82) is 0 Å². The summed E-state index contributed by atoms with van der Waals surface area (Å²) in [5.41, 5.74) is 1.94. The van der Waals surface area contributed by atoms with Crippen LogP contribution in [-0.4, -0.2) is 47.7 Å². The molecule has 182 valence electrons. The Labute approximate surface area is 197 Å². The van der Waals surface area contributed by atoms with Gasteiger partial charge in [0.2, 0.25) is 0 Å². The van der Waals surface area contributed by atoms with Crippen molar-refractivity contribution in [3.63, 3.8) is 0 Å². The summed E-state index contributed by atoms with van der Waals surface area (Å²) in [6.45, 7) is 10.1. The highest BCUT2D eigenvalue weighted by Gasteiger charge is 2.42. The lowest BCUT2D eigenvalue weighted by molar-refractivity contribution is -0.0373. The van der Waals surface area contributed by atoms with Gasteiger partial charge in [0.05, 0.1) is 6.10 Å². The van der Waals surface area contributed by atoms with Crippen LogP contribution >= 0.6 is 0 Å². The van der Waals surface area contributed by atoms with E-state index < -0.39 is 6.10 Å². The number of nitrogens with one attached hydrogen (secondary N) is 1. The van der Waals surface area contributed by atoms with E-state index in [0.29, 0.717) is 24.3 Å². The lowest BCUT2D eigenvalue weighted by Gasteiger charge is -2.43. The first-order valence-electron chi connectivity index (χ1n) is 12.9. The van der Waals surface area contributed by atoms with Crippen molar-refractivity contribution in [2.45, 2.75) is 90.3 Å². The number of amides is 1. The van der Waals surface area contributed by atoms with Gasteiger partial charge >= 0.3 is 0 Å². The zero-order valence-corrected chi connectivity index (χ0v) is 20.5.